The van der Waals surface area contributed by atoms with Crippen LogP contribution in [0.25, 0.3) is 0 Å². The Morgan fingerprint density at radius 2 is 0.747 bits per heavy atom. The molecule has 9 atom stereocenters. The maximum absolute atomic E-state index is 15.0. The number of methoxy groups -OCH3 is 1. The van der Waals surface area contributed by atoms with Gasteiger partial charge >= 0.3 is 5.97 Å². The van der Waals surface area contributed by atoms with E-state index in [1.54, 1.807) is 14.0 Å². The van der Waals surface area contributed by atoms with E-state index in [0.29, 0.717) is 19.0 Å². The summed E-state index contributed by atoms with van der Waals surface area (Å²) in [6.07, 6.45) is -7.75. The number of rotatable bonds is 26. The van der Waals surface area contributed by atoms with Gasteiger partial charge in [-0.15, -0.1) is 0 Å². The van der Waals surface area contributed by atoms with Crippen LogP contribution in [-0.4, -0.2) is 80.9 Å². The van der Waals surface area contributed by atoms with E-state index in [9.17, 15) is 0 Å². The summed E-state index contributed by atoms with van der Waals surface area (Å²) >= 11 is 0. The Bertz CT molecular complexity index is 2720. The lowest BCUT2D eigenvalue weighted by atomic mass is 9.91. The van der Waals surface area contributed by atoms with Crippen molar-refractivity contribution in [3.8, 4) is 5.75 Å². The molecule has 2 aliphatic heterocycles. The third-order valence-electron chi connectivity index (χ3n) is 13.3. The number of ether oxygens (including phenoxy) is 11. The zero-order valence-electron chi connectivity index (χ0n) is 42.5. The van der Waals surface area contributed by atoms with Crippen molar-refractivity contribution in [2.75, 3.05) is 20.3 Å². The Morgan fingerprint density at radius 3 is 1.17 bits per heavy atom. The molecule has 0 spiro atoms. The number of carbonyl (C=O) groups excluding carboxylic acids is 1. The van der Waals surface area contributed by atoms with Crippen LogP contribution < -0.4 is 4.74 Å². The van der Waals surface area contributed by atoms with Crippen molar-refractivity contribution in [2.45, 2.75) is 108 Å². The summed E-state index contributed by atoms with van der Waals surface area (Å²) in [6.45, 7) is 3.31. The first-order valence-electron chi connectivity index (χ1n) is 25.6. The second kappa shape index (κ2) is 27.3. The summed E-state index contributed by atoms with van der Waals surface area (Å²) in [4.78, 5) is 15.0. The summed E-state index contributed by atoms with van der Waals surface area (Å²) in [5.74, 6) is -1.72. The maximum atomic E-state index is 15.0. The Balaban J connectivity index is 1.10. The van der Waals surface area contributed by atoms with Crippen LogP contribution in [0.3, 0.4) is 0 Å². The second-order valence-corrected chi connectivity index (χ2v) is 18.8. The lowest BCUT2D eigenvalue weighted by Crippen LogP contribution is -2.70. The van der Waals surface area contributed by atoms with Gasteiger partial charge in [0.25, 0.3) is 0 Å². The van der Waals surface area contributed by atoms with Gasteiger partial charge in [0.05, 0.1) is 66.6 Å². The van der Waals surface area contributed by atoms with E-state index < -0.39 is 60.6 Å². The molecule has 75 heavy (non-hydrogen) atoms. The third-order valence-corrected chi connectivity index (χ3v) is 13.3. The van der Waals surface area contributed by atoms with Gasteiger partial charge in [-0.1, -0.05) is 194 Å². The average molecular weight is 1020 g/mol. The molecule has 7 aromatic carbocycles. The fourth-order valence-electron chi connectivity index (χ4n) is 9.36. The van der Waals surface area contributed by atoms with Crippen molar-refractivity contribution in [3.05, 3.63) is 245 Å². The fourth-order valence-corrected chi connectivity index (χ4v) is 9.36. The first-order chi connectivity index (χ1) is 36.9. The topological polar surface area (TPSA) is 119 Å². The van der Waals surface area contributed by atoms with E-state index in [0.717, 1.165) is 38.9 Å². The largest absolute Gasteiger partial charge is 0.497 e. The number of benzene rings is 7. The summed E-state index contributed by atoms with van der Waals surface area (Å²) in [7, 11) is 1.63. The highest BCUT2D eigenvalue weighted by atomic mass is 16.8. The van der Waals surface area contributed by atoms with E-state index in [2.05, 4.69) is 0 Å². The quantitative estimate of drug-likeness (QED) is 0.0481. The molecule has 0 bridgehead atoms. The molecule has 2 saturated heterocycles. The van der Waals surface area contributed by atoms with Gasteiger partial charge in [-0.25, -0.2) is 4.79 Å². The number of hydrogen-bond donors (Lipinski definition) is 0. The SMILES string of the molecule is COc1ccc(CO[C@H]2[C@H](OCc3ccccc3)[C@@H](COCc3ccccc3)O[C@](C)(O[C@@H]3C(=O)O[C@H](COCc4ccccc4)[C@@H](OCc4ccccc4)[C@@H]3OCc3ccccc3)[C@H]2OCc2ccccc2)cc1. The van der Waals surface area contributed by atoms with Crippen molar-refractivity contribution >= 4 is 5.97 Å². The zero-order valence-corrected chi connectivity index (χ0v) is 42.5. The average Bonchev–Trinajstić information content (AvgIpc) is 3.46. The molecule has 0 unspecified atom stereocenters. The van der Waals surface area contributed by atoms with E-state index in [1.807, 2.05) is 206 Å². The molecule has 0 aromatic heterocycles. The Morgan fingerprint density at radius 1 is 0.400 bits per heavy atom. The van der Waals surface area contributed by atoms with E-state index in [4.69, 9.17) is 52.1 Å². The number of cyclic esters (lactones) is 1. The first kappa shape index (κ1) is 53.3. The van der Waals surface area contributed by atoms with E-state index in [-0.39, 0.29) is 46.2 Å². The highest BCUT2D eigenvalue weighted by molar-refractivity contribution is 5.77. The van der Waals surface area contributed by atoms with Crippen LogP contribution in [-0.2, 0) is 98.4 Å². The standard InChI is InChI=1S/C63H66O12/c1-63(75-60-58(70-41-50-29-17-7-18-30-50)56(68-39-48-25-13-5-14-26-48)54(73-62(60)64)44-66-37-46-21-9-3-10-22-46)61(72-43-51-31-19-8-20-32-51)59(71-42-52-33-35-53(65-2)36-34-52)57(69-40-49-27-15-6-16-28-49)55(74-63)45-67-38-47-23-11-4-12-24-47/h3-36,54-61H,37-45H2,1-2H3/t54-,55-,56-,57-,58+,59+,60+,61+,63-/m1/s1. The normalized spacial score (nSPS) is 23.6. The van der Waals surface area contributed by atoms with Crippen molar-refractivity contribution < 1.29 is 56.9 Å². The minimum Gasteiger partial charge on any atom is -0.497 e. The predicted octanol–water partition coefficient (Wildman–Crippen LogP) is 10.8. The van der Waals surface area contributed by atoms with Crippen LogP contribution in [0.1, 0.15) is 45.9 Å². The van der Waals surface area contributed by atoms with Gasteiger partial charge in [0.15, 0.2) is 18.0 Å². The molecule has 12 heteroatoms. The van der Waals surface area contributed by atoms with Crippen molar-refractivity contribution in [1.82, 2.24) is 0 Å². The molecule has 7 aromatic rings. The predicted molar refractivity (Wildman–Crippen MR) is 282 cm³/mol. The summed E-state index contributed by atoms with van der Waals surface area (Å²) in [5, 5.41) is 0. The van der Waals surface area contributed by atoms with Crippen LogP contribution >= 0.6 is 0 Å². The van der Waals surface area contributed by atoms with Crippen LogP contribution in [0.15, 0.2) is 206 Å². The van der Waals surface area contributed by atoms with Gasteiger partial charge in [-0.05, 0) is 58.0 Å². The van der Waals surface area contributed by atoms with Crippen LogP contribution in [0.4, 0.5) is 0 Å². The molecule has 0 amide bonds. The van der Waals surface area contributed by atoms with Gasteiger partial charge in [-0.2, -0.15) is 0 Å². The second-order valence-electron chi connectivity index (χ2n) is 18.8. The molecule has 0 N–H and O–H groups in total. The zero-order chi connectivity index (χ0) is 51.5. The van der Waals surface area contributed by atoms with Gasteiger partial charge in [0, 0.05) is 0 Å². The summed E-state index contributed by atoms with van der Waals surface area (Å²) in [5.41, 5.74) is 6.50. The molecular weight excluding hydrogens is 949 g/mol. The van der Waals surface area contributed by atoms with Crippen LogP contribution in [0.2, 0.25) is 0 Å². The fraction of sp³-hybridized carbons (Fsp3) is 0.317. The Kier molecular flexibility index (Phi) is 19.4. The molecular formula is C63H66O12. The van der Waals surface area contributed by atoms with Crippen LogP contribution in [0.5, 0.6) is 5.75 Å². The lowest BCUT2D eigenvalue weighted by molar-refractivity contribution is -0.392. The molecule has 2 fully saturated rings. The van der Waals surface area contributed by atoms with Crippen molar-refractivity contribution in [3.63, 3.8) is 0 Å². The van der Waals surface area contributed by atoms with Gasteiger partial charge < -0.3 is 52.1 Å². The van der Waals surface area contributed by atoms with Crippen molar-refractivity contribution in [1.29, 1.82) is 0 Å². The molecule has 2 aliphatic rings. The summed E-state index contributed by atoms with van der Waals surface area (Å²) in [6, 6.07) is 66.8. The van der Waals surface area contributed by atoms with Gasteiger partial charge in [0.2, 0.25) is 0 Å². The number of carbonyl (C=O) groups is 1. The minimum absolute atomic E-state index is 0.0249. The van der Waals surface area contributed by atoms with Crippen molar-refractivity contribution in [2.24, 2.45) is 0 Å². The molecule has 0 radical (unpaired) electrons. The smallest absolute Gasteiger partial charge is 0.338 e. The summed E-state index contributed by atoms with van der Waals surface area (Å²) < 4.78 is 74.1. The number of hydrogen-bond acceptors (Lipinski definition) is 12. The first-order valence-corrected chi connectivity index (χ1v) is 25.6. The Hall–Kier alpha value is -6.55. The van der Waals surface area contributed by atoms with E-state index in [1.165, 1.54) is 0 Å². The number of esters is 1. The molecule has 2 heterocycles. The van der Waals surface area contributed by atoms with Gasteiger partial charge in [-0.3, -0.25) is 0 Å². The highest BCUT2D eigenvalue weighted by Gasteiger charge is 2.59. The Labute approximate surface area is 440 Å². The van der Waals surface area contributed by atoms with Crippen LogP contribution in [0, 0.1) is 0 Å². The monoisotopic (exact) mass is 1010 g/mol. The van der Waals surface area contributed by atoms with E-state index >= 15 is 4.79 Å². The maximum Gasteiger partial charge on any atom is 0.338 e. The lowest BCUT2D eigenvalue weighted by Gasteiger charge is -2.52. The molecule has 12 nitrogen and oxygen atoms in total. The molecule has 0 aliphatic carbocycles. The minimum atomic E-state index is -1.76. The molecule has 0 saturated carbocycles. The van der Waals surface area contributed by atoms with Gasteiger partial charge in [0.1, 0.15) is 42.4 Å². The molecule has 390 valence electrons. The molecule has 9 rings (SSSR count). The highest BCUT2D eigenvalue weighted by Crippen LogP contribution is 2.41. The third kappa shape index (κ3) is 15.1.